The van der Waals surface area contributed by atoms with Gasteiger partial charge in [-0.3, -0.25) is 14.4 Å². The summed E-state index contributed by atoms with van der Waals surface area (Å²) in [5, 5.41) is 2.79. The maximum Gasteiger partial charge on any atom is 0.223 e. The Labute approximate surface area is 231 Å². The highest BCUT2D eigenvalue weighted by atomic mass is 16.5. The zero-order chi connectivity index (χ0) is 28.8. The summed E-state index contributed by atoms with van der Waals surface area (Å²) in [6.07, 6.45) is 14.7. The number of terminal acetylenes is 1. The van der Waals surface area contributed by atoms with E-state index in [1.54, 1.807) is 26.2 Å². The number of rotatable bonds is 11. The standard InChI is InChI=1S/C11H21NO2.C9H13NO2.C6H11NO2.C3H8/c1-3-4-5-8-12-10(9-14-2)6-7-11(12)13;1-3-6-10-8(7-12-2)4-5-9(10)11;1-9-4-5-2-3-6(8)7-5;1-3-2/h10H,3-9H2,1-2H3;1,8H,4-7H2,2H3;5H,2-4H2,1H3,(H,7,8);3H2,1-2H3/t10-;8-;5-;/m111./s1. The summed E-state index contributed by atoms with van der Waals surface area (Å²) in [7, 11) is 4.98. The zero-order valence-corrected chi connectivity index (χ0v) is 24.8. The lowest BCUT2D eigenvalue weighted by molar-refractivity contribution is -0.130. The van der Waals surface area contributed by atoms with Gasteiger partial charge in [-0.2, -0.15) is 0 Å². The maximum atomic E-state index is 11.5. The van der Waals surface area contributed by atoms with Crippen molar-refractivity contribution in [1.29, 1.82) is 0 Å². The van der Waals surface area contributed by atoms with Gasteiger partial charge in [0, 0.05) is 47.1 Å². The summed E-state index contributed by atoms with van der Waals surface area (Å²) in [5.74, 6) is 3.08. The third-order valence-corrected chi connectivity index (χ3v) is 6.34. The number of methoxy groups -OCH3 is 3. The fourth-order valence-corrected chi connectivity index (χ4v) is 4.48. The van der Waals surface area contributed by atoms with Gasteiger partial charge in [-0.15, -0.1) is 6.42 Å². The van der Waals surface area contributed by atoms with Gasteiger partial charge < -0.3 is 29.3 Å². The summed E-state index contributed by atoms with van der Waals surface area (Å²) in [5.41, 5.74) is 0. The highest BCUT2D eigenvalue weighted by Crippen LogP contribution is 2.20. The second-order valence-corrected chi connectivity index (χ2v) is 9.78. The number of likely N-dealkylation sites (tertiary alicyclic amines) is 2. The molecule has 0 saturated carbocycles. The van der Waals surface area contributed by atoms with Gasteiger partial charge in [-0.05, 0) is 25.7 Å². The van der Waals surface area contributed by atoms with Crippen molar-refractivity contribution < 1.29 is 28.6 Å². The first-order valence-electron chi connectivity index (χ1n) is 14.1. The van der Waals surface area contributed by atoms with Crippen molar-refractivity contribution in [1.82, 2.24) is 15.1 Å². The molecule has 3 saturated heterocycles. The Hall–Kier alpha value is -2.15. The minimum atomic E-state index is 0.148. The molecule has 9 heteroatoms. The van der Waals surface area contributed by atoms with Crippen LogP contribution in [-0.4, -0.2) is 99.9 Å². The molecule has 0 unspecified atom stereocenters. The molecule has 0 aromatic carbocycles. The zero-order valence-electron chi connectivity index (χ0n) is 24.8. The van der Waals surface area contributed by atoms with Crippen molar-refractivity contribution in [3.8, 4) is 12.3 Å². The summed E-state index contributed by atoms with van der Waals surface area (Å²) >= 11 is 0. The number of hydrogen-bond donors (Lipinski definition) is 1. The Bertz CT molecular complexity index is 696. The van der Waals surface area contributed by atoms with Crippen molar-refractivity contribution in [2.24, 2.45) is 0 Å². The van der Waals surface area contributed by atoms with Crippen LogP contribution in [0.25, 0.3) is 0 Å². The monoisotopic (exact) mass is 539 g/mol. The second-order valence-electron chi connectivity index (χ2n) is 9.78. The van der Waals surface area contributed by atoms with E-state index in [4.69, 9.17) is 20.6 Å². The van der Waals surface area contributed by atoms with E-state index >= 15 is 0 Å². The Kier molecular flexibility index (Phi) is 21.5. The summed E-state index contributed by atoms with van der Waals surface area (Å²) in [6, 6.07) is 0.797. The number of carbonyl (C=O) groups is 3. The molecular formula is C29H53N3O6. The molecule has 1 N–H and O–H groups in total. The smallest absolute Gasteiger partial charge is 0.223 e. The van der Waals surface area contributed by atoms with Crippen molar-refractivity contribution in [3.63, 3.8) is 0 Å². The number of carbonyl (C=O) groups excluding carboxylic acids is 3. The molecule has 3 aliphatic heterocycles. The van der Waals surface area contributed by atoms with Crippen molar-refractivity contribution in [2.75, 3.05) is 54.2 Å². The fraction of sp³-hybridized carbons (Fsp3) is 0.828. The first-order chi connectivity index (χ1) is 18.3. The van der Waals surface area contributed by atoms with E-state index in [9.17, 15) is 14.4 Å². The van der Waals surface area contributed by atoms with Crippen molar-refractivity contribution >= 4 is 17.7 Å². The topological polar surface area (TPSA) is 97.4 Å². The quantitative estimate of drug-likeness (QED) is 0.319. The van der Waals surface area contributed by atoms with Crippen molar-refractivity contribution in [2.45, 2.75) is 103 Å². The lowest BCUT2D eigenvalue weighted by atomic mass is 10.2. The summed E-state index contributed by atoms with van der Waals surface area (Å²) in [6.45, 7) is 9.68. The molecular weight excluding hydrogens is 486 g/mol. The molecule has 3 heterocycles. The second kappa shape index (κ2) is 22.8. The van der Waals surface area contributed by atoms with Crippen LogP contribution in [0.3, 0.4) is 0 Å². The molecule has 3 fully saturated rings. The Morgan fingerprint density at radius 3 is 1.79 bits per heavy atom. The lowest BCUT2D eigenvalue weighted by Crippen LogP contribution is -2.36. The van der Waals surface area contributed by atoms with Gasteiger partial charge >= 0.3 is 0 Å². The largest absolute Gasteiger partial charge is 0.383 e. The Morgan fingerprint density at radius 2 is 1.34 bits per heavy atom. The van der Waals surface area contributed by atoms with Crippen LogP contribution >= 0.6 is 0 Å². The third-order valence-electron chi connectivity index (χ3n) is 6.34. The van der Waals surface area contributed by atoms with Crippen LogP contribution in [-0.2, 0) is 28.6 Å². The number of unbranched alkanes of at least 4 members (excludes halogenated alkanes) is 2. The van der Waals surface area contributed by atoms with Crippen LogP contribution in [0.1, 0.15) is 85.0 Å². The molecule has 38 heavy (non-hydrogen) atoms. The molecule has 0 radical (unpaired) electrons. The Morgan fingerprint density at radius 1 is 0.816 bits per heavy atom. The molecule has 9 nitrogen and oxygen atoms in total. The molecule has 3 rings (SSSR count). The average Bonchev–Trinajstić information content (AvgIpc) is 3.57. The Balaban J connectivity index is 0.000000523. The minimum absolute atomic E-state index is 0.148. The normalized spacial score (nSPS) is 22.0. The fourth-order valence-electron chi connectivity index (χ4n) is 4.48. The molecule has 0 aliphatic carbocycles. The highest BCUT2D eigenvalue weighted by Gasteiger charge is 2.30. The number of amides is 3. The highest BCUT2D eigenvalue weighted by molar-refractivity contribution is 5.79. The molecule has 3 aliphatic rings. The van der Waals surface area contributed by atoms with E-state index < -0.39 is 0 Å². The molecule has 0 spiro atoms. The van der Waals surface area contributed by atoms with Crippen LogP contribution < -0.4 is 5.32 Å². The number of ether oxygens (including phenoxy) is 3. The first-order valence-corrected chi connectivity index (χ1v) is 14.1. The van der Waals surface area contributed by atoms with Crippen LogP contribution in [0, 0.1) is 12.3 Å². The summed E-state index contributed by atoms with van der Waals surface area (Å²) < 4.78 is 15.0. The van der Waals surface area contributed by atoms with Crippen LogP contribution in [0.15, 0.2) is 0 Å². The van der Waals surface area contributed by atoms with Gasteiger partial charge in [-0.25, -0.2) is 0 Å². The van der Waals surface area contributed by atoms with Crippen LogP contribution in [0.4, 0.5) is 0 Å². The molecule has 0 aromatic rings. The van der Waals surface area contributed by atoms with Crippen molar-refractivity contribution in [3.05, 3.63) is 0 Å². The average molecular weight is 540 g/mol. The van der Waals surface area contributed by atoms with Gasteiger partial charge in [0.25, 0.3) is 0 Å². The third kappa shape index (κ3) is 14.7. The minimum Gasteiger partial charge on any atom is -0.383 e. The van der Waals surface area contributed by atoms with E-state index in [2.05, 4.69) is 32.0 Å². The van der Waals surface area contributed by atoms with E-state index in [0.29, 0.717) is 57.6 Å². The molecule has 3 amide bonds. The molecule has 0 bridgehead atoms. The van der Waals surface area contributed by atoms with E-state index in [1.165, 1.54) is 19.3 Å². The maximum absolute atomic E-state index is 11.5. The predicted octanol–water partition coefficient (Wildman–Crippen LogP) is 3.40. The molecule has 220 valence electrons. The summed E-state index contributed by atoms with van der Waals surface area (Å²) in [4.78, 5) is 37.0. The van der Waals surface area contributed by atoms with Gasteiger partial charge in [0.1, 0.15) is 0 Å². The number of hydrogen-bond acceptors (Lipinski definition) is 6. The van der Waals surface area contributed by atoms with Gasteiger partial charge in [0.05, 0.1) is 44.5 Å². The first kappa shape index (κ1) is 35.9. The number of nitrogens with zero attached hydrogens (tertiary/aromatic N) is 2. The van der Waals surface area contributed by atoms with E-state index in [-0.39, 0.29) is 23.9 Å². The van der Waals surface area contributed by atoms with Crippen LogP contribution in [0.2, 0.25) is 0 Å². The van der Waals surface area contributed by atoms with E-state index in [0.717, 1.165) is 32.2 Å². The van der Waals surface area contributed by atoms with Gasteiger partial charge in [-0.1, -0.05) is 46.0 Å². The lowest BCUT2D eigenvalue weighted by Gasteiger charge is -2.24. The molecule has 0 aromatic heterocycles. The van der Waals surface area contributed by atoms with E-state index in [1.807, 2.05) is 4.90 Å². The van der Waals surface area contributed by atoms with Gasteiger partial charge in [0.2, 0.25) is 17.7 Å². The van der Waals surface area contributed by atoms with Crippen LogP contribution in [0.5, 0.6) is 0 Å². The SMILES string of the molecule is C#CCN1C(=O)CC[C@@H]1COC.CCC.CCCCCN1C(=O)CC[C@@H]1COC.COC[C@H]1CCC(=O)N1. The molecule has 3 atom stereocenters. The predicted molar refractivity (Wildman–Crippen MR) is 151 cm³/mol. The number of nitrogens with one attached hydrogen (secondary N) is 1. The van der Waals surface area contributed by atoms with Gasteiger partial charge in [0.15, 0.2) is 0 Å².